The van der Waals surface area contributed by atoms with E-state index in [0.29, 0.717) is 31.1 Å². The molecule has 0 aromatic heterocycles. The molecule has 26 heavy (non-hydrogen) atoms. The monoisotopic (exact) mass is 408 g/mol. The van der Waals surface area contributed by atoms with Gasteiger partial charge in [0.05, 0.1) is 12.1 Å². The molecule has 4 atom stereocenters. The fourth-order valence-corrected chi connectivity index (χ4v) is 4.75. The predicted octanol–water partition coefficient (Wildman–Crippen LogP) is 0.832. The molecule has 0 saturated carbocycles. The lowest BCUT2D eigenvalue weighted by Crippen LogP contribution is -2.36. The van der Waals surface area contributed by atoms with Gasteiger partial charge in [0.15, 0.2) is 0 Å². The number of carbonyl (C=O) groups excluding carboxylic acids is 2. The minimum absolute atomic E-state index is 0. The van der Waals surface area contributed by atoms with Crippen LogP contribution in [-0.4, -0.2) is 58.7 Å². The van der Waals surface area contributed by atoms with Gasteiger partial charge in [-0.2, -0.15) is 11.8 Å². The molecule has 0 radical (unpaired) electrons. The molecule has 2 heterocycles. The summed E-state index contributed by atoms with van der Waals surface area (Å²) in [5.74, 6) is 0.0131. The molecule has 0 bridgehead atoms. The minimum atomic E-state index is -0.983. The van der Waals surface area contributed by atoms with Crippen molar-refractivity contribution in [3.8, 4) is 0 Å². The Morgan fingerprint density at radius 2 is 2.04 bits per heavy atom. The molecule has 10 heteroatoms. The van der Waals surface area contributed by atoms with Gasteiger partial charge in [-0.1, -0.05) is 6.42 Å². The maximum atomic E-state index is 11.8. The number of aliphatic carboxylic acids is 1. The summed E-state index contributed by atoms with van der Waals surface area (Å²) in [6.07, 6.45) is 5.18. The number of amides is 3. The number of carbonyl (C=O) groups is 3. The van der Waals surface area contributed by atoms with Crippen molar-refractivity contribution < 1.29 is 19.5 Å². The van der Waals surface area contributed by atoms with Crippen molar-refractivity contribution in [2.24, 2.45) is 5.73 Å². The number of carboxylic acids is 1. The summed E-state index contributed by atoms with van der Waals surface area (Å²) in [6, 6.07) is -0.406. The molecule has 2 aliphatic rings. The first kappa shape index (κ1) is 22.9. The number of carboxylic acid groups (broad SMARTS) is 1. The highest BCUT2D eigenvalue weighted by molar-refractivity contribution is 8.00. The summed E-state index contributed by atoms with van der Waals surface area (Å²) in [6.45, 7) is 0.561. The van der Waals surface area contributed by atoms with Gasteiger partial charge in [-0.05, 0) is 32.1 Å². The number of hydrogen-bond acceptors (Lipinski definition) is 5. The van der Waals surface area contributed by atoms with Gasteiger partial charge in [0.2, 0.25) is 5.91 Å². The van der Waals surface area contributed by atoms with Crippen molar-refractivity contribution >= 4 is 42.1 Å². The number of fused-ring (bicyclic) bond motifs is 1. The molecule has 2 aliphatic heterocycles. The largest absolute Gasteiger partial charge is 0.480 e. The van der Waals surface area contributed by atoms with Crippen molar-refractivity contribution in [2.45, 2.75) is 68.3 Å². The maximum absolute atomic E-state index is 11.8. The Morgan fingerprint density at radius 3 is 2.77 bits per heavy atom. The quantitative estimate of drug-likeness (QED) is 0.254. The van der Waals surface area contributed by atoms with Crippen molar-refractivity contribution in [3.05, 3.63) is 0 Å². The summed E-state index contributed by atoms with van der Waals surface area (Å²) < 4.78 is 0. The second-order valence-corrected chi connectivity index (χ2v) is 7.93. The Bertz CT molecular complexity index is 497. The molecule has 0 aliphatic carbocycles. The lowest BCUT2D eigenvalue weighted by molar-refractivity contribution is -0.138. The van der Waals surface area contributed by atoms with Crippen LogP contribution >= 0.6 is 24.2 Å². The zero-order valence-corrected chi connectivity index (χ0v) is 16.4. The fraction of sp³-hybridized carbons (Fsp3) is 0.812. The van der Waals surface area contributed by atoms with E-state index >= 15 is 0 Å². The predicted molar refractivity (Wildman–Crippen MR) is 104 cm³/mol. The molecular formula is C16H29ClN4O4S. The number of unbranched alkanes of at least 4 members (excludes halogenated alkanes) is 2. The van der Waals surface area contributed by atoms with E-state index < -0.39 is 12.0 Å². The van der Waals surface area contributed by atoms with E-state index in [1.165, 1.54) is 0 Å². The van der Waals surface area contributed by atoms with E-state index in [0.717, 1.165) is 31.4 Å². The smallest absolute Gasteiger partial charge is 0.320 e. The summed E-state index contributed by atoms with van der Waals surface area (Å²) >= 11 is 1.89. The normalized spacial score (nSPS) is 24.8. The zero-order chi connectivity index (χ0) is 18.2. The Morgan fingerprint density at radius 1 is 1.27 bits per heavy atom. The summed E-state index contributed by atoms with van der Waals surface area (Å²) in [5.41, 5.74) is 5.42. The first-order valence-electron chi connectivity index (χ1n) is 8.91. The highest BCUT2D eigenvalue weighted by atomic mass is 35.5. The van der Waals surface area contributed by atoms with Crippen molar-refractivity contribution in [3.63, 3.8) is 0 Å². The third-order valence-electron chi connectivity index (χ3n) is 4.66. The number of hydrogen-bond donors (Lipinski definition) is 5. The molecule has 6 N–H and O–H groups in total. The van der Waals surface area contributed by atoms with Crippen LogP contribution in [0.5, 0.6) is 0 Å². The van der Waals surface area contributed by atoms with E-state index in [9.17, 15) is 14.4 Å². The van der Waals surface area contributed by atoms with E-state index in [4.69, 9.17) is 10.8 Å². The average molecular weight is 409 g/mol. The number of thioether (sulfide) groups is 1. The van der Waals surface area contributed by atoms with Gasteiger partial charge in [0, 0.05) is 24.0 Å². The number of urea groups is 1. The summed E-state index contributed by atoms with van der Waals surface area (Å²) in [4.78, 5) is 33.7. The molecular weight excluding hydrogens is 380 g/mol. The summed E-state index contributed by atoms with van der Waals surface area (Å²) in [7, 11) is 0. The van der Waals surface area contributed by atoms with Crippen LogP contribution in [0.15, 0.2) is 0 Å². The highest BCUT2D eigenvalue weighted by Gasteiger charge is 2.42. The van der Waals surface area contributed by atoms with Gasteiger partial charge >= 0.3 is 12.0 Å². The van der Waals surface area contributed by atoms with E-state index in [1.54, 1.807) is 0 Å². The van der Waals surface area contributed by atoms with Crippen LogP contribution in [0.4, 0.5) is 4.79 Å². The molecule has 8 nitrogen and oxygen atoms in total. The number of rotatable bonds is 11. The second-order valence-electron chi connectivity index (χ2n) is 6.66. The van der Waals surface area contributed by atoms with Crippen molar-refractivity contribution in [1.82, 2.24) is 16.0 Å². The second kappa shape index (κ2) is 11.5. The third-order valence-corrected chi connectivity index (χ3v) is 6.17. The number of nitrogens with two attached hydrogens (primary N) is 1. The minimum Gasteiger partial charge on any atom is -0.480 e. The number of halogens is 1. The van der Waals surface area contributed by atoms with Crippen LogP contribution in [0.25, 0.3) is 0 Å². The fourth-order valence-electron chi connectivity index (χ4n) is 3.20. The first-order chi connectivity index (χ1) is 12.0. The third kappa shape index (κ3) is 7.20. The topological polar surface area (TPSA) is 134 Å². The van der Waals surface area contributed by atoms with Crippen LogP contribution < -0.4 is 21.7 Å². The van der Waals surface area contributed by atoms with Gasteiger partial charge in [0.25, 0.3) is 0 Å². The Labute approximate surface area is 164 Å². The van der Waals surface area contributed by atoms with Crippen LogP contribution in [0.3, 0.4) is 0 Å². The van der Waals surface area contributed by atoms with Gasteiger partial charge in [-0.25, -0.2) is 4.79 Å². The molecule has 0 unspecified atom stereocenters. The highest BCUT2D eigenvalue weighted by Crippen LogP contribution is 2.33. The van der Waals surface area contributed by atoms with Crippen LogP contribution in [0.1, 0.15) is 44.9 Å². The molecule has 2 fully saturated rings. The molecule has 3 amide bonds. The van der Waals surface area contributed by atoms with E-state index in [2.05, 4.69) is 16.0 Å². The lowest BCUT2D eigenvalue weighted by Gasteiger charge is -2.16. The summed E-state index contributed by atoms with van der Waals surface area (Å²) in [5, 5.41) is 17.9. The van der Waals surface area contributed by atoms with Crippen LogP contribution in [-0.2, 0) is 9.59 Å². The van der Waals surface area contributed by atoms with Crippen molar-refractivity contribution in [2.75, 3.05) is 12.3 Å². The van der Waals surface area contributed by atoms with E-state index in [1.807, 2.05) is 11.8 Å². The Kier molecular flexibility index (Phi) is 10.1. The standard InChI is InChI=1S/C16H28N4O4S.ClH/c17-10(15(22)23)5-3-4-8-18-13(21)7-2-1-6-12-14-11(9-25-12)19-16(24)20-14;/h10-12,14H,1-9,17H2,(H,18,21)(H,22,23)(H2,19,20,24);1H/t10-,11-,12-,14-;/m0./s1. The average Bonchev–Trinajstić information content (AvgIpc) is 3.10. The zero-order valence-electron chi connectivity index (χ0n) is 14.7. The van der Waals surface area contributed by atoms with Crippen molar-refractivity contribution in [1.29, 1.82) is 0 Å². The van der Waals surface area contributed by atoms with Gasteiger partial charge < -0.3 is 26.8 Å². The lowest BCUT2D eigenvalue weighted by atomic mass is 10.0. The molecule has 2 saturated heterocycles. The molecule has 2 rings (SSSR count). The SMILES string of the molecule is Cl.N[C@@H](CCCCNC(=O)CCCC[C@@H]1SC[C@@H]2NC(=O)N[C@@H]21)C(=O)O. The molecule has 0 spiro atoms. The first-order valence-corrected chi connectivity index (χ1v) is 9.96. The van der Waals surface area contributed by atoms with Gasteiger partial charge in [-0.3, -0.25) is 9.59 Å². The van der Waals surface area contributed by atoms with Gasteiger partial charge in [0.1, 0.15) is 6.04 Å². The van der Waals surface area contributed by atoms with Crippen LogP contribution in [0.2, 0.25) is 0 Å². The Balaban J connectivity index is 0.00000338. The van der Waals surface area contributed by atoms with Crippen LogP contribution in [0, 0.1) is 0 Å². The molecule has 0 aromatic carbocycles. The molecule has 0 aromatic rings. The number of nitrogens with one attached hydrogen (secondary N) is 3. The maximum Gasteiger partial charge on any atom is 0.320 e. The van der Waals surface area contributed by atoms with E-state index in [-0.39, 0.29) is 36.4 Å². The Hall–Kier alpha value is -1.19. The molecule has 150 valence electrons. The van der Waals surface area contributed by atoms with Gasteiger partial charge in [-0.15, -0.1) is 12.4 Å².